The van der Waals surface area contributed by atoms with E-state index in [0.29, 0.717) is 11.3 Å². The maximum atomic E-state index is 12.4. The van der Waals surface area contributed by atoms with Gasteiger partial charge in [0, 0.05) is 24.0 Å². The van der Waals surface area contributed by atoms with Gasteiger partial charge in [-0.3, -0.25) is 4.79 Å². The van der Waals surface area contributed by atoms with Crippen LogP contribution in [0.1, 0.15) is 21.5 Å². The van der Waals surface area contributed by atoms with Gasteiger partial charge in [0.2, 0.25) is 0 Å². The molecule has 2 N–H and O–H groups in total. The zero-order chi connectivity index (χ0) is 14.0. The van der Waals surface area contributed by atoms with Crippen LogP contribution < -0.4 is 10.6 Å². The molecule has 0 radical (unpaired) electrons. The van der Waals surface area contributed by atoms with Gasteiger partial charge >= 0.3 is 0 Å². The van der Waals surface area contributed by atoms with E-state index in [1.54, 1.807) is 24.1 Å². The van der Waals surface area contributed by atoms with Crippen LogP contribution in [0.5, 0.6) is 0 Å². The van der Waals surface area contributed by atoms with Gasteiger partial charge < -0.3 is 10.6 Å². The lowest BCUT2D eigenvalue weighted by molar-refractivity contribution is 0.0993. The van der Waals surface area contributed by atoms with Crippen LogP contribution in [-0.2, 0) is 0 Å². The number of amides is 1. The largest absolute Gasteiger partial charge is 0.399 e. The van der Waals surface area contributed by atoms with Crippen LogP contribution in [0.15, 0.2) is 42.5 Å². The summed E-state index contributed by atoms with van der Waals surface area (Å²) in [6, 6.07) is 13.2. The van der Waals surface area contributed by atoms with E-state index in [2.05, 4.69) is 0 Å². The molecule has 2 rings (SSSR count). The molecule has 0 heterocycles. The molecule has 3 heteroatoms. The highest BCUT2D eigenvalue weighted by atomic mass is 16.2. The third kappa shape index (κ3) is 2.60. The summed E-state index contributed by atoms with van der Waals surface area (Å²) >= 11 is 0. The molecule has 0 aliphatic carbocycles. The van der Waals surface area contributed by atoms with Crippen LogP contribution in [0.2, 0.25) is 0 Å². The standard InChI is InChI=1S/C16H18N2O/c1-11-6-4-5-7-15(11)18(3)16(19)13-8-9-14(17)12(2)10-13/h4-10H,17H2,1-3H3. The van der Waals surface area contributed by atoms with Crippen LogP contribution in [0, 0.1) is 13.8 Å². The monoisotopic (exact) mass is 254 g/mol. The van der Waals surface area contributed by atoms with Gasteiger partial charge in [-0.15, -0.1) is 0 Å². The summed E-state index contributed by atoms with van der Waals surface area (Å²) in [5.41, 5.74) is 10.0. The third-order valence-electron chi connectivity index (χ3n) is 3.30. The minimum atomic E-state index is -0.0302. The molecule has 19 heavy (non-hydrogen) atoms. The second kappa shape index (κ2) is 5.14. The molecule has 0 aromatic heterocycles. The fraction of sp³-hybridized carbons (Fsp3) is 0.188. The maximum Gasteiger partial charge on any atom is 0.258 e. The number of hydrogen-bond acceptors (Lipinski definition) is 2. The summed E-state index contributed by atoms with van der Waals surface area (Å²) in [7, 11) is 1.79. The van der Waals surface area contributed by atoms with E-state index in [4.69, 9.17) is 5.73 Å². The highest BCUT2D eigenvalue weighted by Crippen LogP contribution is 2.21. The first-order valence-corrected chi connectivity index (χ1v) is 6.20. The number of nitrogens with two attached hydrogens (primary N) is 1. The normalized spacial score (nSPS) is 10.3. The van der Waals surface area contributed by atoms with E-state index in [1.165, 1.54) is 0 Å². The van der Waals surface area contributed by atoms with Crippen molar-refractivity contribution in [1.29, 1.82) is 0 Å². The van der Waals surface area contributed by atoms with Crippen molar-refractivity contribution in [3.05, 3.63) is 59.2 Å². The number of carbonyl (C=O) groups excluding carboxylic acids is 1. The van der Waals surface area contributed by atoms with Gasteiger partial charge in [0.25, 0.3) is 5.91 Å². The molecule has 0 aliphatic rings. The molecule has 0 aliphatic heterocycles. The Kier molecular flexibility index (Phi) is 3.56. The van der Waals surface area contributed by atoms with E-state index in [-0.39, 0.29) is 5.91 Å². The van der Waals surface area contributed by atoms with E-state index in [9.17, 15) is 4.79 Å². The molecule has 0 saturated carbocycles. The fourth-order valence-electron chi connectivity index (χ4n) is 2.05. The van der Waals surface area contributed by atoms with Crippen LogP contribution in [-0.4, -0.2) is 13.0 Å². The first-order chi connectivity index (χ1) is 9.00. The minimum absolute atomic E-state index is 0.0302. The number of hydrogen-bond donors (Lipinski definition) is 1. The third-order valence-corrected chi connectivity index (χ3v) is 3.30. The van der Waals surface area contributed by atoms with E-state index < -0.39 is 0 Å². The Morgan fingerprint density at radius 1 is 1.05 bits per heavy atom. The van der Waals surface area contributed by atoms with E-state index >= 15 is 0 Å². The van der Waals surface area contributed by atoms with E-state index in [0.717, 1.165) is 16.8 Å². The summed E-state index contributed by atoms with van der Waals surface area (Å²) in [6.07, 6.45) is 0. The number of nitrogen functional groups attached to an aromatic ring is 1. The van der Waals surface area contributed by atoms with Crippen molar-refractivity contribution in [2.45, 2.75) is 13.8 Å². The predicted molar refractivity (Wildman–Crippen MR) is 79.5 cm³/mol. The lowest BCUT2D eigenvalue weighted by atomic mass is 10.1. The van der Waals surface area contributed by atoms with Gasteiger partial charge in [-0.25, -0.2) is 0 Å². The van der Waals surface area contributed by atoms with Crippen molar-refractivity contribution < 1.29 is 4.79 Å². The van der Waals surface area contributed by atoms with E-state index in [1.807, 2.05) is 44.2 Å². The summed E-state index contributed by atoms with van der Waals surface area (Å²) in [5, 5.41) is 0. The molecule has 3 nitrogen and oxygen atoms in total. The van der Waals surface area contributed by atoms with Crippen LogP contribution in [0.3, 0.4) is 0 Å². The lowest BCUT2D eigenvalue weighted by Crippen LogP contribution is -2.26. The molecule has 2 aromatic rings. The molecule has 0 fully saturated rings. The average Bonchev–Trinajstić information content (AvgIpc) is 2.41. The number of para-hydroxylation sites is 1. The lowest BCUT2D eigenvalue weighted by Gasteiger charge is -2.20. The number of anilines is 2. The zero-order valence-corrected chi connectivity index (χ0v) is 11.5. The molecule has 0 bridgehead atoms. The highest BCUT2D eigenvalue weighted by molar-refractivity contribution is 6.06. The molecule has 0 atom stereocenters. The predicted octanol–water partition coefficient (Wildman–Crippen LogP) is 3.16. The maximum absolute atomic E-state index is 12.4. The van der Waals surface area contributed by atoms with Crippen LogP contribution >= 0.6 is 0 Å². The zero-order valence-electron chi connectivity index (χ0n) is 11.5. The summed E-state index contributed by atoms with van der Waals surface area (Å²) in [6.45, 7) is 3.90. The second-order valence-electron chi connectivity index (χ2n) is 4.72. The molecule has 0 saturated heterocycles. The van der Waals surface area contributed by atoms with Gasteiger partial charge in [-0.2, -0.15) is 0 Å². The number of aryl methyl sites for hydroxylation is 2. The summed E-state index contributed by atoms with van der Waals surface area (Å²) in [4.78, 5) is 14.1. The van der Waals surface area contributed by atoms with Crippen molar-refractivity contribution in [3.8, 4) is 0 Å². The molecule has 0 unspecified atom stereocenters. The van der Waals surface area contributed by atoms with Crippen molar-refractivity contribution in [2.75, 3.05) is 17.7 Å². The smallest absolute Gasteiger partial charge is 0.258 e. The Labute approximate surface area is 113 Å². The minimum Gasteiger partial charge on any atom is -0.399 e. The molecular formula is C16H18N2O. The Bertz CT molecular complexity index is 620. The van der Waals surface area contributed by atoms with Crippen molar-refractivity contribution in [2.24, 2.45) is 0 Å². The molecule has 98 valence electrons. The Morgan fingerprint density at radius 2 is 1.74 bits per heavy atom. The SMILES string of the molecule is Cc1cc(C(=O)N(C)c2ccccc2C)ccc1N. The number of rotatable bonds is 2. The number of nitrogens with zero attached hydrogens (tertiary/aromatic N) is 1. The number of carbonyl (C=O) groups is 1. The molecule has 1 amide bonds. The number of benzene rings is 2. The van der Waals surface area contributed by atoms with Crippen molar-refractivity contribution in [1.82, 2.24) is 0 Å². The first-order valence-electron chi connectivity index (χ1n) is 6.20. The van der Waals surface area contributed by atoms with Crippen molar-refractivity contribution >= 4 is 17.3 Å². The van der Waals surface area contributed by atoms with Crippen LogP contribution in [0.4, 0.5) is 11.4 Å². The van der Waals surface area contributed by atoms with Gasteiger partial charge in [-0.1, -0.05) is 18.2 Å². The Morgan fingerprint density at radius 3 is 2.37 bits per heavy atom. The average molecular weight is 254 g/mol. The topological polar surface area (TPSA) is 46.3 Å². The van der Waals surface area contributed by atoms with Gasteiger partial charge in [0.15, 0.2) is 0 Å². The van der Waals surface area contributed by atoms with Gasteiger partial charge in [0.05, 0.1) is 0 Å². The summed E-state index contributed by atoms with van der Waals surface area (Å²) in [5.74, 6) is -0.0302. The Balaban J connectivity index is 2.34. The van der Waals surface area contributed by atoms with Gasteiger partial charge in [-0.05, 0) is 49.2 Å². The first kappa shape index (κ1) is 13.1. The molecular weight excluding hydrogens is 236 g/mol. The highest BCUT2D eigenvalue weighted by Gasteiger charge is 2.15. The van der Waals surface area contributed by atoms with Gasteiger partial charge in [0.1, 0.15) is 0 Å². The second-order valence-corrected chi connectivity index (χ2v) is 4.72. The van der Waals surface area contributed by atoms with Crippen LogP contribution in [0.25, 0.3) is 0 Å². The van der Waals surface area contributed by atoms with Crippen molar-refractivity contribution in [3.63, 3.8) is 0 Å². The fourth-order valence-corrected chi connectivity index (χ4v) is 2.05. The summed E-state index contributed by atoms with van der Waals surface area (Å²) < 4.78 is 0. The Hall–Kier alpha value is -2.29. The molecule has 2 aromatic carbocycles. The quantitative estimate of drug-likeness (QED) is 0.837. The molecule has 0 spiro atoms.